The Bertz CT molecular complexity index is 4260. The molecule has 0 N–H and O–H groups in total. The summed E-state index contributed by atoms with van der Waals surface area (Å²) in [5, 5.41) is 10.3. The van der Waals surface area contributed by atoms with Crippen LogP contribution in [-0.2, 0) is 16.2 Å². The van der Waals surface area contributed by atoms with Crippen molar-refractivity contribution in [1.82, 2.24) is 4.48 Å². The minimum Gasteiger partial charge on any atom is -0.456 e. The maximum absolute atomic E-state index is 7.10. The van der Waals surface area contributed by atoms with Gasteiger partial charge in [0.05, 0.1) is 16.8 Å². The van der Waals surface area contributed by atoms with E-state index in [1.165, 1.54) is 194 Å². The highest BCUT2D eigenvalue weighted by Crippen LogP contribution is 2.57. The highest BCUT2D eigenvalue weighted by atomic mass is 16.3. The summed E-state index contributed by atoms with van der Waals surface area (Å²) in [6.07, 6.45) is 19.0. The molecule has 0 atom stereocenters. The van der Waals surface area contributed by atoms with Gasteiger partial charge in [0, 0.05) is 44.0 Å². The highest BCUT2D eigenvalue weighted by Gasteiger charge is 2.48. The fraction of sp³-hybridized carbons (Fsp3) is 0.306. The Morgan fingerprint density at radius 2 is 1.20 bits per heavy atom. The maximum Gasteiger partial charge on any atom is 0.333 e. The Hall–Kier alpha value is -7.04. The minimum absolute atomic E-state index is 0.0439. The maximum atomic E-state index is 7.10. The van der Waals surface area contributed by atoms with Gasteiger partial charge in [-0.2, -0.15) is 0 Å². The normalized spacial score (nSPS) is 22.8. The van der Waals surface area contributed by atoms with Crippen LogP contribution in [0, 0.1) is 11.8 Å². The molecule has 11 aromatic rings. The smallest absolute Gasteiger partial charge is 0.333 e. The van der Waals surface area contributed by atoms with Crippen molar-refractivity contribution < 1.29 is 4.42 Å². The van der Waals surface area contributed by atoms with Crippen LogP contribution in [0.5, 0.6) is 0 Å². The molecule has 2 aliphatic heterocycles. The van der Waals surface area contributed by atoms with E-state index in [0.29, 0.717) is 0 Å². The number of rotatable bonds is 4. The minimum atomic E-state index is -0.0901. The molecule has 2 aromatic heterocycles. The van der Waals surface area contributed by atoms with Gasteiger partial charge < -0.3 is 13.8 Å². The fourth-order valence-electron chi connectivity index (χ4n) is 17.4. The van der Waals surface area contributed by atoms with Crippen molar-refractivity contribution in [2.45, 2.75) is 127 Å². The van der Waals surface area contributed by atoms with Crippen LogP contribution >= 0.6 is 0 Å². The van der Waals surface area contributed by atoms with Crippen LogP contribution < -0.4 is 15.8 Å². The summed E-state index contributed by atoms with van der Waals surface area (Å²) in [5.41, 5.74) is 21.4. The molecule has 76 heavy (non-hydrogen) atoms. The Balaban J connectivity index is 1.04. The van der Waals surface area contributed by atoms with E-state index in [9.17, 15) is 0 Å². The van der Waals surface area contributed by atoms with Crippen molar-refractivity contribution in [3.8, 4) is 22.3 Å². The summed E-state index contributed by atoms with van der Waals surface area (Å²) in [6.45, 7) is 6.95. The lowest BCUT2D eigenvalue weighted by Gasteiger charge is -2.46. The Morgan fingerprint density at radius 1 is 0.526 bits per heavy atom. The number of nitrogens with zero attached hydrogens (tertiary/aromatic N) is 2. The second kappa shape index (κ2) is 15.8. The zero-order chi connectivity index (χ0) is 50.2. The van der Waals surface area contributed by atoms with Crippen molar-refractivity contribution in [2.24, 2.45) is 11.8 Å². The van der Waals surface area contributed by atoms with Crippen molar-refractivity contribution in [3.63, 3.8) is 0 Å². The Labute approximate surface area is 447 Å². The molecule has 0 spiro atoms. The van der Waals surface area contributed by atoms with E-state index in [2.05, 4.69) is 188 Å². The zero-order valence-electron chi connectivity index (χ0n) is 44.4. The molecule has 6 aliphatic rings. The van der Waals surface area contributed by atoms with E-state index in [1.54, 1.807) is 11.1 Å². The molecule has 4 aliphatic carbocycles. The average Bonchev–Trinajstić information content (AvgIpc) is 4.16. The summed E-state index contributed by atoms with van der Waals surface area (Å²) in [5.74, 6) is 1.71. The van der Waals surface area contributed by atoms with Crippen LogP contribution in [0.25, 0.3) is 87.5 Å². The first-order valence-electron chi connectivity index (χ1n) is 29.3. The molecule has 3 nitrogen and oxygen atoms in total. The molecule has 4 bridgehead atoms. The van der Waals surface area contributed by atoms with Crippen LogP contribution in [0.4, 0.5) is 17.1 Å². The first-order valence-corrected chi connectivity index (χ1v) is 29.3. The molecule has 4 heteroatoms. The second-order valence-corrected chi connectivity index (χ2v) is 26.0. The molecular formula is C72H65BN2O. The number of hydrogen-bond donors (Lipinski definition) is 0. The molecule has 4 fully saturated rings. The van der Waals surface area contributed by atoms with Crippen molar-refractivity contribution in [2.75, 3.05) is 4.90 Å². The molecule has 17 rings (SSSR count). The van der Waals surface area contributed by atoms with E-state index in [1.807, 2.05) is 0 Å². The van der Waals surface area contributed by atoms with Crippen LogP contribution in [0.2, 0.25) is 0 Å². The highest BCUT2D eigenvalue weighted by molar-refractivity contribution is 6.90. The molecule has 9 aromatic carbocycles. The number of hydrogen-bond acceptors (Lipinski definition) is 2. The molecular weight excluding hydrogens is 920 g/mol. The van der Waals surface area contributed by atoms with Crippen LogP contribution in [0.1, 0.15) is 127 Å². The quantitative estimate of drug-likeness (QED) is 0.164. The third-order valence-electron chi connectivity index (χ3n) is 20.9. The lowest BCUT2D eigenvalue weighted by atomic mass is 9.44. The largest absolute Gasteiger partial charge is 0.456 e. The van der Waals surface area contributed by atoms with Crippen molar-refractivity contribution in [3.05, 3.63) is 174 Å². The number of furan rings is 1. The monoisotopic (exact) mass is 985 g/mol. The van der Waals surface area contributed by atoms with E-state index in [-0.39, 0.29) is 23.1 Å². The lowest BCUT2D eigenvalue weighted by Crippen LogP contribution is -2.56. The topological polar surface area (TPSA) is 21.3 Å². The van der Waals surface area contributed by atoms with Gasteiger partial charge in [0.2, 0.25) is 0 Å². The molecule has 0 saturated heterocycles. The van der Waals surface area contributed by atoms with Gasteiger partial charge >= 0.3 is 6.85 Å². The van der Waals surface area contributed by atoms with Gasteiger partial charge in [0.1, 0.15) is 11.2 Å². The Kier molecular flexibility index (Phi) is 9.16. The van der Waals surface area contributed by atoms with Gasteiger partial charge in [-0.05, 0) is 188 Å². The van der Waals surface area contributed by atoms with Gasteiger partial charge in [-0.25, -0.2) is 0 Å². The summed E-state index contributed by atoms with van der Waals surface area (Å²) in [6, 6.07) is 62.2. The first-order chi connectivity index (χ1) is 37.2. The zero-order valence-corrected chi connectivity index (χ0v) is 44.4. The summed E-state index contributed by atoms with van der Waals surface area (Å²) in [7, 11) is 0. The number of fused-ring (bicyclic) bond motifs is 18. The fourth-order valence-corrected chi connectivity index (χ4v) is 17.4. The lowest BCUT2D eigenvalue weighted by molar-refractivity contribution is 0.149. The molecule has 4 heterocycles. The van der Waals surface area contributed by atoms with Gasteiger partial charge in [-0.15, -0.1) is 0 Å². The summed E-state index contributed by atoms with van der Waals surface area (Å²) < 4.78 is 9.96. The predicted octanol–water partition coefficient (Wildman–Crippen LogP) is 18.6. The van der Waals surface area contributed by atoms with Crippen molar-refractivity contribution in [1.29, 1.82) is 0 Å². The van der Waals surface area contributed by atoms with Gasteiger partial charge in [-0.1, -0.05) is 169 Å². The number of aromatic nitrogens is 1. The van der Waals surface area contributed by atoms with Crippen LogP contribution in [0.15, 0.2) is 162 Å². The van der Waals surface area contributed by atoms with Gasteiger partial charge in [0.15, 0.2) is 0 Å². The van der Waals surface area contributed by atoms with Crippen LogP contribution in [0.3, 0.4) is 0 Å². The molecule has 4 saturated carbocycles. The van der Waals surface area contributed by atoms with E-state index in [4.69, 9.17) is 4.42 Å². The Morgan fingerprint density at radius 3 is 1.93 bits per heavy atom. The molecule has 372 valence electrons. The van der Waals surface area contributed by atoms with E-state index >= 15 is 0 Å². The number of anilines is 3. The molecule has 0 unspecified atom stereocenters. The standard InChI is InChI=1S/C72H65BN2O/c1-70(2,3)50-25-28-60(54(38-50)46-19-5-4-6-20-46)74-62-36-49-23-9-10-24-53(49)65-58-41-52(72-33-13-17-45(43-72)18-14-34-72)40-56-55-39-51(71-31-11-15-44(42-71)16-12-32-71)26-29-61(55)75(68(56)58)73(67(62)65)59-27-30-63-66(69(59)74)57-35-47-21-7-8-22-48(47)37-64(57)76-63/h4-10,19-30,35-41,44-45H,11-18,31-34,42-43H2,1-3H3. The van der Waals surface area contributed by atoms with Gasteiger partial charge in [0.25, 0.3) is 0 Å². The van der Waals surface area contributed by atoms with Crippen LogP contribution in [-0.4, -0.2) is 11.3 Å². The third kappa shape index (κ3) is 6.13. The summed E-state index contributed by atoms with van der Waals surface area (Å²) in [4.78, 5) is 2.71. The van der Waals surface area contributed by atoms with E-state index in [0.717, 1.165) is 28.4 Å². The SMILES string of the molecule is CC(C)(C)c1ccc(N2c3cc4ccccc4c4c3B(c3ccc5oc6cc7ccccc7cc6c5c32)n2c3ccc(C56CCCC(CCC5)C6)cc3c3cc(C56CCCC(CCC5)C6)cc-4c32)c(-c2ccccc2)c1. The van der Waals surface area contributed by atoms with E-state index < -0.39 is 0 Å². The third-order valence-corrected chi connectivity index (χ3v) is 20.9. The van der Waals surface area contributed by atoms with Crippen molar-refractivity contribution >= 4 is 100 Å². The van der Waals surface area contributed by atoms with Gasteiger partial charge in [-0.3, -0.25) is 0 Å². The predicted molar refractivity (Wildman–Crippen MR) is 321 cm³/mol. The average molecular weight is 985 g/mol. The molecule has 0 radical (unpaired) electrons. The molecule has 0 amide bonds. The second-order valence-electron chi connectivity index (χ2n) is 26.0. The number of benzene rings is 9. The first kappa shape index (κ1) is 44.1. The summed E-state index contributed by atoms with van der Waals surface area (Å²) >= 11 is 0.